The molecule has 0 fully saturated rings. The van der Waals surface area contributed by atoms with Crippen LogP contribution in [0.25, 0.3) is 17.2 Å². The third-order valence-corrected chi connectivity index (χ3v) is 5.82. The van der Waals surface area contributed by atoms with Crippen LogP contribution < -0.4 is 16.6 Å². The second-order valence-corrected chi connectivity index (χ2v) is 8.75. The van der Waals surface area contributed by atoms with Crippen LogP contribution in [0, 0.1) is 6.92 Å². The fraction of sp³-hybridized carbons (Fsp3) is 0.308. The molecule has 2 heterocycles. The van der Waals surface area contributed by atoms with Gasteiger partial charge < -0.3 is 9.84 Å². The monoisotopic (exact) mass is 488 g/mol. The highest BCUT2D eigenvalue weighted by Crippen LogP contribution is 2.12. The van der Waals surface area contributed by atoms with Crippen molar-refractivity contribution in [2.24, 2.45) is 7.05 Å². The second-order valence-electron chi connectivity index (χ2n) is 8.75. The molecule has 0 aliphatic rings. The summed E-state index contributed by atoms with van der Waals surface area (Å²) >= 11 is 0. The van der Waals surface area contributed by atoms with E-state index in [-0.39, 0.29) is 42.2 Å². The molecule has 2 aromatic carbocycles. The molecule has 0 saturated heterocycles. The van der Waals surface area contributed by atoms with E-state index in [1.54, 1.807) is 12.1 Å². The van der Waals surface area contributed by atoms with Crippen molar-refractivity contribution in [3.05, 3.63) is 92.5 Å². The Balaban J connectivity index is 1.41. The minimum absolute atomic E-state index is 0.0194. The second kappa shape index (κ2) is 10.9. The van der Waals surface area contributed by atoms with Gasteiger partial charge in [0.15, 0.2) is 5.69 Å². The summed E-state index contributed by atoms with van der Waals surface area (Å²) in [5.41, 5.74) is 1.41. The number of amides is 1. The first-order valence-electron chi connectivity index (χ1n) is 11.8. The highest BCUT2D eigenvalue weighted by Gasteiger charge is 2.19. The molecule has 1 unspecified atom stereocenters. The van der Waals surface area contributed by atoms with E-state index in [0.717, 1.165) is 27.7 Å². The number of nitrogens with zero attached hydrogens (tertiary/aromatic N) is 5. The number of benzene rings is 2. The van der Waals surface area contributed by atoms with Crippen molar-refractivity contribution < 1.29 is 9.32 Å². The van der Waals surface area contributed by atoms with Gasteiger partial charge in [-0.15, -0.1) is 0 Å². The van der Waals surface area contributed by atoms with Crippen LogP contribution in [0.2, 0.25) is 0 Å². The molecule has 4 rings (SSSR count). The summed E-state index contributed by atoms with van der Waals surface area (Å²) < 4.78 is 7.32. The Morgan fingerprint density at radius 1 is 1.06 bits per heavy atom. The zero-order chi connectivity index (χ0) is 25.7. The van der Waals surface area contributed by atoms with E-state index in [1.807, 2.05) is 44.2 Å². The van der Waals surface area contributed by atoms with E-state index in [9.17, 15) is 14.4 Å². The quantitative estimate of drug-likeness (QED) is 0.383. The van der Waals surface area contributed by atoms with Crippen LogP contribution in [-0.2, 0) is 24.7 Å². The lowest BCUT2D eigenvalue weighted by Gasteiger charge is -2.13. The standard InChI is InChI=1S/C26H28N6O4/c1-17-9-13-20(14-10-17)32-26(35)31(3)25(34)23(29-32)24-28-22(36-30-24)16-15-21(33)27-18(2)11-12-19-7-5-4-6-8-19/h4-10,13-14,18H,11-12,15-16H2,1-3H3,(H,27,33). The summed E-state index contributed by atoms with van der Waals surface area (Å²) in [5, 5.41) is 11.0. The number of carbonyl (C=O) groups is 1. The van der Waals surface area contributed by atoms with E-state index in [2.05, 4.69) is 32.7 Å². The molecule has 1 N–H and O–H groups in total. The van der Waals surface area contributed by atoms with E-state index in [0.29, 0.717) is 5.69 Å². The van der Waals surface area contributed by atoms with Crippen LogP contribution in [0.3, 0.4) is 0 Å². The maximum atomic E-state index is 12.7. The Labute approximate surface area is 207 Å². The maximum Gasteiger partial charge on any atom is 0.351 e. The van der Waals surface area contributed by atoms with E-state index in [4.69, 9.17) is 4.52 Å². The van der Waals surface area contributed by atoms with Crippen LogP contribution in [0.1, 0.15) is 36.8 Å². The van der Waals surface area contributed by atoms with Gasteiger partial charge in [-0.3, -0.25) is 14.2 Å². The molecule has 1 amide bonds. The lowest BCUT2D eigenvalue weighted by Crippen LogP contribution is -2.40. The average Bonchev–Trinajstić information content (AvgIpc) is 3.35. The molecule has 0 radical (unpaired) electrons. The smallest absolute Gasteiger partial charge is 0.351 e. The van der Waals surface area contributed by atoms with Crippen LogP contribution in [-0.4, -0.2) is 36.4 Å². The topological polar surface area (TPSA) is 125 Å². The molecular formula is C26H28N6O4. The summed E-state index contributed by atoms with van der Waals surface area (Å²) in [7, 11) is 1.37. The van der Waals surface area contributed by atoms with Crippen LogP contribution >= 0.6 is 0 Å². The fourth-order valence-corrected chi connectivity index (χ4v) is 3.69. The van der Waals surface area contributed by atoms with E-state index >= 15 is 0 Å². The molecule has 0 aliphatic heterocycles. The van der Waals surface area contributed by atoms with Crippen molar-refractivity contribution >= 4 is 5.91 Å². The minimum Gasteiger partial charge on any atom is -0.354 e. The Hall–Kier alpha value is -4.34. The molecule has 0 saturated carbocycles. The Kier molecular flexibility index (Phi) is 7.53. The maximum absolute atomic E-state index is 12.7. The van der Waals surface area contributed by atoms with Crippen molar-refractivity contribution in [3.63, 3.8) is 0 Å². The number of aryl methyl sites for hydroxylation is 3. The first-order chi connectivity index (χ1) is 17.3. The molecular weight excluding hydrogens is 460 g/mol. The lowest BCUT2D eigenvalue weighted by molar-refractivity contribution is -0.121. The molecule has 2 aromatic heterocycles. The SMILES string of the molecule is Cc1ccc(-n2nc(-c3noc(CCC(=O)NC(C)CCc4ccccc4)n3)c(=O)n(C)c2=O)cc1. The van der Waals surface area contributed by atoms with Gasteiger partial charge in [-0.2, -0.15) is 14.8 Å². The van der Waals surface area contributed by atoms with Crippen molar-refractivity contribution in [1.29, 1.82) is 0 Å². The van der Waals surface area contributed by atoms with E-state index < -0.39 is 11.2 Å². The zero-order valence-electron chi connectivity index (χ0n) is 20.5. The van der Waals surface area contributed by atoms with Gasteiger partial charge in [0.25, 0.3) is 5.56 Å². The lowest BCUT2D eigenvalue weighted by atomic mass is 10.1. The molecule has 0 spiro atoms. The van der Waals surface area contributed by atoms with Gasteiger partial charge in [0, 0.05) is 25.9 Å². The predicted octanol–water partition coefficient (Wildman–Crippen LogP) is 2.36. The number of carbonyl (C=O) groups excluding carboxylic acids is 1. The van der Waals surface area contributed by atoms with Crippen LogP contribution in [0.5, 0.6) is 0 Å². The summed E-state index contributed by atoms with van der Waals surface area (Å²) in [6, 6.07) is 17.3. The highest BCUT2D eigenvalue weighted by atomic mass is 16.5. The van der Waals surface area contributed by atoms with Crippen molar-refractivity contribution in [3.8, 4) is 17.2 Å². The van der Waals surface area contributed by atoms with Crippen LogP contribution in [0.15, 0.2) is 68.7 Å². The Morgan fingerprint density at radius 2 is 1.78 bits per heavy atom. The number of hydrogen-bond acceptors (Lipinski definition) is 7. The summed E-state index contributed by atoms with van der Waals surface area (Å²) in [4.78, 5) is 41.9. The summed E-state index contributed by atoms with van der Waals surface area (Å²) in [6.45, 7) is 3.90. The molecule has 4 aromatic rings. The molecule has 10 heteroatoms. The summed E-state index contributed by atoms with van der Waals surface area (Å²) in [6.07, 6.45) is 2.07. The van der Waals surface area contributed by atoms with Crippen molar-refractivity contribution in [2.45, 2.75) is 45.6 Å². The van der Waals surface area contributed by atoms with Gasteiger partial charge >= 0.3 is 5.69 Å². The summed E-state index contributed by atoms with van der Waals surface area (Å²) in [5.74, 6) is 0.0365. The largest absolute Gasteiger partial charge is 0.354 e. The minimum atomic E-state index is -0.638. The first-order valence-corrected chi connectivity index (χ1v) is 11.8. The number of nitrogens with one attached hydrogen (secondary N) is 1. The third-order valence-electron chi connectivity index (χ3n) is 5.82. The fourth-order valence-electron chi connectivity index (χ4n) is 3.69. The van der Waals surface area contributed by atoms with Gasteiger partial charge in [0.2, 0.25) is 17.6 Å². The van der Waals surface area contributed by atoms with Crippen molar-refractivity contribution in [1.82, 2.24) is 29.8 Å². The normalized spacial score (nSPS) is 11.9. The third kappa shape index (κ3) is 5.83. The molecule has 0 bridgehead atoms. The van der Waals surface area contributed by atoms with Gasteiger partial charge in [-0.1, -0.05) is 53.2 Å². The molecule has 1 atom stereocenters. The molecule has 36 heavy (non-hydrogen) atoms. The van der Waals surface area contributed by atoms with Gasteiger partial charge in [0.1, 0.15) is 0 Å². The number of rotatable bonds is 9. The van der Waals surface area contributed by atoms with Gasteiger partial charge in [0.05, 0.1) is 5.69 Å². The Bertz CT molecular complexity index is 1450. The van der Waals surface area contributed by atoms with Gasteiger partial charge in [-0.25, -0.2) is 4.79 Å². The zero-order valence-corrected chi connectivity index (χ0v) is 20.5. The molecule has 10 nitrogen and oxygen atoms in total. The number of aromatic nitrogens is 5. The first kappa shape index (κ1) is 24.8. The highest BCUT2D eigenvalue weighted by molar-refractivity contribution is 5.76. The van der Waals surface area contributed by atoms with Crippen LogP contribution in [0.4, 0.5) is 0 Å². The number of hydrogen-bond donors (Lipinski definition) is 1. The predicted molar refractivity (Wildman–Crippen MR) is 134 cm³/mol. The van der Waals surface area contributed by atoms with Crippen molar-refractivity contribution in [2.75, 3.05) is 0 Å². The molecule has 0 aliphatic carbocycles. The average molecular weight is 489 g/mol. The van der Waals surface area contributed by atoms with E-state index in [1.165, 1.54) is 12.6 Å². The van der Waals surface area contributed by atoms with Gasteiger partial charge in [-0.05, 0) is 44.4 Å². The molecule has 186 valence electrons. The Morgan fingerprint density at radius 3 is 2.50 bits per heavy atom.